The number of hydrogen-bond acceptors (Lipinski definition) is 4. The lowest BCUT2D eigenvalue weighted by Gasteiger charge is -2.15. The SMILES string of the molecule is CN=C(NCc1ccc(CN2CCCC2)cc1)NCc1ccc(OCc2ccccn2)cc1. The van der Waals surface area contributed by atoms with Gasteiger partial charge >= 0.3 is 0 Å². The number of ether oxygens (including phenoxy) is 1. The molecule has 1 aromatic heterocycles. The molecule has 0 saturated carbocycles. The summed E-state index contributed by atoms with van der Waals surface area (Å²) in [6, 6.07) is 22.8. The van der Waals surface area contributed by atoms with Crippen LogP contribution in [0.5, 0.6) is 5.75 Å². The molecule has 1 saturated heterocycles. The van der Waals surface area contributed by atoms with Crippen LogP contribution < -0.4 is 15.4 Å². The summed E-state index contributed by atoms with van der Waals surface area (Å²) in [5.74, 6) is 1.62. The average Bonchev–Trinajstić information content (AvgIpc) is 3.38. The van der Waals surface area contributed by atoms with E-state index in [1.807, 2.05) is 30.3 Å². The maximum atomic E-state index is 5.81. The predicted molar refractivity (Wildman–Crippen MR) is 133 cm³/mol. The summed E-state index contributed by atoms with van der Waals surface area (Å²) in [6.07, 6.45) is 4.44. The highest BCUT2D eigenvalue weighted by Gasteiger charge is 2.11. The third-order valence-corrected chi connectivity index (χ3v) is 5.81. The molecule has 0 unspecified atom stereocenters. The Balaban J connectivity index is 1.19. The van der Waals surface area contributed by atoms with Crippen molar-refractivity contribution < 1.29 is 4.74 Å². The number of nitrogens with zero attached hydrogens (tertiary/aromatic N) is 3. The largest absolute Gasteiger partial charge is 0.487 e. The van der Waals surface area contributed by atoms with Crippen LogP contribution in [0, 0.1) is 0 Å². The van der Waals surface area contributed by atoms with Crippen LogP contribution in [0.3, 0.4) is 0 Å². The minimum Gasteiger partial charge on any atom is -0.487 e. The number of likely N-dealkylation sites (tertiary alicyclic amines) is 1. The molecule has 3 aromatic rings. The first-order valence-electron chi connectivity index (χ1n) is 11.6. The van der Waals surface area contributed by atoms with Crippen molar-refractivity contribution in [1.29, 1.82) is 0 Å². The van der Waals surface area contributed by atoms with Gasteiger partial charge in [0.15, 0.2) is 5.96 Å². The van der Waals surface area contributed by atoms with Crippen molar-refractivity contribution >= 4 is 5.96 Å². The van der Waals surface area contributed by atoms with E-state index >= 15 is 0 Å². The standard InChI is InChI=1S/C27H33N5O/c1-28-27(30-18-22-7-9-24(10-8-22)20-32-16-4-5-17-32)31-19-23-11-13-26(14-12-23)33-21-25-6-2-3-15-29-25/h2-3,6-15H,4-5,16-21H2,1H3,(H2,28,30,31). The van der Waals surface area contributed by atoms with E-state index in [0.29, 0.717) is 13.2 Å². The molecule has 1 aliphatic rings. The van der Waals surface area contributed by atoms with Gasteiger partial charge in [-0.3, -0.25) is 14.9 Å². The second-order valence-corrected chi connectivity index (χ2v) is 8.33. The molecule has 0 atom stereocenters. The molecule has 1 aliphatic heterocycles. The highest BCUT2D eigenvalue weighted by Crippen LogP contribution is 2.14. The Labute approximate surface area is 196 Å². The van der Waals surface area contributed by atoms with Crippen molar-refractivity contribution in [3.05, 3.63) is 95.3 Å². The van der Waals surface area contributed by atoms with Crippen LogP contribution >= 0.6 is 0 Å². The second kappa shape index (κ2) is 12.0. The van der Waals surface area contributed by atoms with Gasteiger partial charge in [0.05, 0.1) is 5.69 Å². The number of guanidine groups is 1. The van der Waals surface area contributed by atoms with Crippen molar-refractivity contribution in [2.75, 3.05) is 20.1 Å². The van der Waals surface area contributed by atoms with Crippen molar-refractivity contribution in [3.8, 4) is 5.75 Å². The third kappa shape index (κ3) is 7.32. The van der Waals surface area contributed by atoms with Gasteiger partial charge in [0.25, 0.3) is 0 Å². The fourth-order valence-corrected chi connectivity index (χ4v) is 3.90. The summed E-state index contributed by atoms with van der Waals surface area (Å²) in [5, 5.41) is 6.77. The topological polar surface area (TPSA) is 61.8 Å². The van der Waals surface area contributed by atoms with Crippen LogP contribution in [-0.4, -0.2) is 36.0 Å². The van der Waals surface area contributed by atoms with E-state index in [2.05, 4.69) is 61.9 Å². The molecule has 0 bridgehead atoms. The van der Waals surface area contributed by atoms with Crippen LogP contribution in [0.1, 0.15) is 35.2 Å². The number of pyridine rings is 1. The lowest BCUT2D eigenvalue weighted by Crippen LogP contribution is -2.36. The Hall–Kier alpha value is -3.38. The summed E-state index contributed by atoms with van der Waals surface area (Å²) in [6.45, 7) is 5.41. The zero-order valence-electron chi connectivity index (χ0n) is 19.3. The maximum Gasteiger partial charge on any atom is 0.191 e. The van der Waals surface area contributed by atoms with Gasteiger partial charge in [-0.2, -0.15) is 0 Å². The first-order chi connectivity index (χ1) is 16.3. The lowest BCUT2D eigenvalue weighted by molar-refractivity contribution is 0.301. The Morgan fingerprint density at radius 3 is 2.12 bits per heavy atom. The highest BCUT2D eigenvalue weighted by atomic mass is 16.5. The second-order valence-electron chi connectivity index (χ2n) is 8.33. The van der Waals surface area contributed by atoms with Crippen molar-refractivity contribution in [2.24, 2.45) is 4.99 Å². The smallest absolute Gasteiger partial charge is 0.191 e. The van der Waals surface area contributed by atoms with Gasteiger partial charge in [-0.25, -0.2) is 0 Å². The summed E-state index contributed by atoms with van der Waals surface area (Å²) in [7, 11) is 1.79. The van der Waals surface area contributed by atoms with E-state index < -0.39 is 0 Å². The first kappa shape index (κ1) is 22.8. The molecular weight excluding hydrogens is 410 g/mol. The molecule has 6 heteroatoms. The van der Waals surface area contributed by atoms with Gasteiger partial charge in [0, 0.05) is 32.9 Å². The summed E-state index contributed by atoms with van der Waals surface area (Å²) < 4.78 is 5.81. The Morgan fingerprint density at radius 1 is 0.879 bits per heavy atom. The minimum atomic E-state index is 0.467. The van der Waals surface area contributed by atoms with Crippen LogP contribution in [-0.2, 0) is 26.2 Å². The predicted octanol–water partition coefficient (Wildman–Crippen LogP) is 4.12. The van der Waals surface area contributed by atoms with Crippen LogP contribution in [0.4, 0.5) is 0 Å². The molecule has 1 fully saturated rings. The molecule has 0 aliphatic carbocycles. The quantitative estimate of drug-likeness (QED) is 0.385. The summed E-state index contributed by atoms with van der Waals surface area (Å²) in [5.41, 5.74) is 4.71. The van der Waals surface area contributed by atoms with E-state index in [-0.39, 0.29) is 0 Å². The first-order valence-corrected chi connectivity index (χ1v) is 11.6. The van der Waals surface area contributed by atoms with E-state index in [1.54, 1.807) is 13.2 Å². The molecular formula is C27H33N5O. The average molecular weight is 444 g/mol. The molecule has 33 heavy (non-hydrogen) atoms. The molecule has 2 N–H and O–H groups in total. The van der Waals surface area contributed by atoms with Gasteiger partial charge < -0.3 is 15.4 Å². The Bertz CT molecular complexity index is 997. The van der Waals surface area contributed by atoms with Gasteiger partial charge in [0.1, 0.15) is 12.4 Å². The summed E-state index contributed by atoms with van der Waals surface area (Å²) >= 11 is 0. The fourth-order valence-electron chi connectivity index (χ4n) is 3.90. The van der Waals surface area contributed by atoms with Crippen LogP contribution in [0.2, 0.25) is 0 Å². The number of aromatic nitrogens is 1. The molecule has 0 radical (unpaired) electrons. The molecule has 0 amide bonds. The molecule has 0 spiro atoms. The van der Waals surface area contributed by atoms with E-state index in [0.717, 1.165) is 36.1 Å². The minimum absolute atomic E-state index is 0.467. The zero-order valence-corrected chi connectivity index (χ0v) is 19.3. The molecule has 2 aromatic carbocycles. The Kier molecular flexibility index (Phi) is 8.30. The molecule has 6 nitrogen and oxygen atoms in total. The third-order valence-electron chi connectivity index (χ3n) is 5.81. The zero-order chi connectivity index (χ0) is 22.7. The monoisotopic (exact) mass is 443 g/mol. The van der Waals surface area contributed by atoms with Crippen molar-refractivity contribution in [2.45, 2.75) is 39.1 Å². The highest BCUT2D eigenvalue weighted by molar-refractivity contribution is 5.79. The van der Waals surface area contributed by atoms with Gasteiger partial charge in [-0.05, 0) is 66.9 Å². The van der Waals surface area contributed by atoms with Crippen LogP contribution in [0.25, 0.3) is 0 Å². The number of hydrogen-bond donors (Lipinski definition) is 2. The van der Waals surface area contributed by atoms with Crippen LogP contribution in [0.15, 0.2) is 77.9 Å². The number of benzene rings is 2. The van der Waals surface area contributed by atoms with Gasteiger partial charge in [0.2, 0.25) is 0 Å². The normalized spacial score (nSPS) is 14.3. The number of aliphatic imine (C=N–C) groups is 1. The van der Waals surface area contributed by atoms with E-state index in [9.17, 15) is 0 Å². The van der Waals surface area contributed by atoms with Crippen molar-refractivity contribution in [1.82, 2.24) is 20.5 Å². The molecule has 4 rings (SSSR count). The van der Waals surface area contributed by atoms with E-state index in [1.165, 1.54) is 37.1 Å². The van der Waals surface area contributed by atoms with Crippen molar-refractivity contribution in [3.63, 3.8) is 0 Å². The maximum absolute atomic E-state index is 5.81. The van der Waals surface area contributed by atoms with E-state index in [4.69, 9.17) is 4.74 Å². The number of nitrogens with one attached hydrogen (secondary N) is 2. The summed E-state index contributed by atoms with van der Waals surface area (Å²) in [4.78, 5) is 11.1. The molecule has 2 heterocycles. The van der Waals surface area contributed by atoms with Gasteiger partial charge in [-0.15, -0.1) is 0 Å². The lowest BCUT2D eigenvalue weighted by atomic mass is 10.1. The number of rotatable bonds is 9. The van der Waals surface area contributed by atoms with Gasteiger partial charge in [-0.1, -0.05) is 42.5 Å². The molecule has 172 valence electrons. The fraction of sp³-hybridized carbons (Fsp3) is 0.333. The Morgan fingerprint density at radius 2 is 1.52 bits per heavy atom.